The molecular weight excluding hydrogens is 350 g/mol. The fourth-order valence-electron chi connectivity index (χ4n) is 2.82. The molecule has 0 spiro atoms. The van der Waals surface area contributed by atoms with Gasteiger partial charge in [0, 0.05) is 24.4 Å². The van der Waals surface area contributed by atoms with E-state index in [1.54, 1.807) is 4.90 Å². The second kappa shape index (κ2) is 6.84. The SMILES string of the molecule is CC(C)CN(C(=O)c1ccc(S(C)(=O)=O)cc1)C1CCS(=O)(=O)C1. The zero-order valence-electron chi connectivity index (χ0n) is 14.1. The van der Waals surface area contributed by atoms with E-state index in [4.69, 9.17) is 0 Å². The van der Waals surface area contributed by atoms with Crippen LogP contribution in [0, 0.1) is 5.92 Å². The molecule has 0 aromatic heterocycles. The summed E-state index contributed by atoms with van der Waals surface area (Å²) in [5, 5.41) is 0. The molecule has 6 nitrogen and oxygen atoms in total. The molecule has 1 unspecified atom stereocenters. The lowest BCUT2D eigenvalue weighted by Gasteiger charge is -2.30. The molecule has 1 aliphatic rings. The van der Waals surface area contributed by atoms with Crippen LogP contribution in [-0.4, -0.2) is 58.0 Å². The van der Waals surface area contributed by atoms with Gasteiger partial charge in [0.05, 0.1) is 16.4 Å². The fraction of sp³-hybridized carbons (Fsp3) is 0.562. The van der Waals surface area contributed by atoms with Crippen LogP contribution in [0.15, 0.2) is 29.2 Å². The Morgan fingerprint density at radius 3 is 2.25 bits per heavy atom. The highest BCUT2D eigenvalue weighted by atomic mass is 32.2. The molecule has 1 amide bonds. The first kappa shape index (κ1) is 18.9. The zero-order chi connectivity index (χ0) is 18.1. The maximum atomic E-state index is 12.8. The summed E-state index contributed by atoms with van der Waals surface area (Å²) in [6.07, 6.45) is 1.56. The normalized spacial score (nSPS) is 20.2. The van der Waals surface area contributed by atoms with Crippen molar-refractivity contribution >= 4 is 25.6 Å². The molecular formula is C16H23NO5S2. The predicted octanol–water partition coefficient (Wildman–Crippen LogP) is 1.38. The van der Waals surface area contributed by atoms with E-state index in [1.807, 2.05) is 13.8 Å². The molecule has 0 saturated carbocycles. The first-order valence-corrected chi connectivity index (χ1v) is 11.5. The second-order valence-electron chi connectivity index (χ2n) is 6.70. The van der Waals surface area contributed by atoms with Crippen LogP contribution >= 0.6 is 0 Å². The van der Waals surface area contributed by atoms with E-state index in [0.717, 1.165) is 6.26 Å². The minimum atomic E-state index is -3.32. The van der Waals surface area contributed by atoms with Crippen molar-refractivity contribution in [2.45, 2.75) is 31.2 Å². The van der Waals surface area contributed by atoms with Gasteiger partial charge in [-0.05, 0) is 36.6 Å². The first-order chi connectivity index (χ1) is 11.0. The van der Waals surface area contributed by atoms with E-state index < -0.39 is 19.7 Å². The van der Waals surface area contributed by atoms with E-state index >= 15 is 0 Å². The maximum absolute atomic E-state index is 12.8. The molecule has 1 fully saturated rings. The lowest BCUT2D eigenvalue weighted by molar-refractivity contribution is 0.0672. The quantitative estimate of drug-likeness (QED) is 0.778. The maximum Gasteiger partial charge on any atom is 0.254 e. The highest BCUT2D eigenvalue weighted by Gasteiger charge is 2.35. The molecule has 0 aliphatic carbocycles. The molecule has 1 aromatic carbocycles. The van der Waals surface area contributed by atoms with Gasteiger partial charge in [-0.3, -0.25) is 4.79 Å². The van der Waals surface area contributed by atoms with Crippen molar-refractivity contribution in [3.63, 3.8) is 0 Å². The summed E-state index contributed by atoms with van der Waals surface area (Å²) < 4.78 is 46.5. The number of carbonyl (C=O) groups excluding carboxylic acids is 1. The van der Waals surface area contributed by atoms with Gasteiger partial charge < -0.3 is 4.90 Å². The summed E-state index contributed by atoms with van der Waals surface area (Å²) in [7, 11) is -6.41. The molecule has 1 atom stereocenters. The molecule has 1 aromatic rings. The van der Waals surface area contributed by atoms with Crippen molar-refractivity contribution < 1.29 is 21.6 Å². The van der Waals surface area contributed by atoms with Gasteiger partial charge >= 0.3 is 0 Å². The number of amides is 1. The molecule has 1 aliphatic heterocycles. The van der Waals surface area contributed by atoms with Crippen LogP contribution < -0.4 is 0 Å². The summed E-state index contributed by atoms with van der Waals surface area (Å²) in [6, 6.07) is 5.45. The molecule has 0 radical (unpaired) electrons. The minimum absolute atomic E-state index is 0.00706. The molecule has 0 bridgehead atoms. The molecule has 2 rings (SSSR count). The van der Waals surface area contributed by atoms with Gasteiger partial charge in [-0.2, -0.15) is 0 Å². The lowest BCUT2D eigenvalue weighted by atomic mass is 10.1. The van der Waals surface area contributed by atoms with Crippen molar-refractivity contribution in [1.82, 2.24) is 4.90 Å². The van der Waals surface area contributed by atoms with Crippen molar-refractivity contribution in [3.05, 3.63) is 29.8 Å². The minimum Gasteiger partial charge on any atom is -0.334 e. The van der Waals surface area contributed by atoms with Crippen molar-refractivity contribution in [2.75, 3.05) is 24.3 Å². The predicted molar refractivity (Wildman–Crippen MR) is 92.5 cm³/mol. The first-order valence-electron chi connectivity index (χ1n) is 7.81. The number of hydrogen-bond acceptors (Lipinski definition) is 5. The lowest BCUT2D eigenvalue weighted by Crippen LogP contribution is -2.43. The van der Waals surface area contributed by atoms with E-state index in [1.165, 1.54) is 24.3 Å². The number of hydrogen-bond donors (Lipinski definition) is 0. The van der Waals surface area contributed by atoms with Gasteiger partial charge in [-0.15, -0.1) is 0 Å². The summed E-state index contributed by atoms with van der Waals surface area (Å²) >= 11 is 0. The molecule has 1 heterocycles. The Hall–Kier alpha value is -1.41. The van der Waals surface area contributed by atoms with Crippen LogP contribution in [0.4, 0.5) is 0 Å². The number of sulfone groups is 2. The topological polar surface area (TPSA) is 88.6 Å². The molecule has 0 N–H and O–H groups in total. The van der Waals surface area contributed by atoms with E-state index in [9.17, 15) is 21.6 Å². The van der Waals surface area contributed by atoms with Crippen LogP contribution in [0.25, 0.3) is 0 Å². The van der Waals surface area contributed by atoms with Crippen molar-refractivity contribution in [1.29, 1.82) is 0 Å². The second-order valence-corrected chi connectivity index (χ2v) is 10.9. The summed E-state index contributed by atoms with van der Waals surface area (Å²) in [6.45, 7) is 4.40. The standard InChI is InChI=1S/C16H23NO5S2/c1-12(2)10-17(14-8-9-24(21,22)11-14)16(18)13-4-6-15(7-5-13)23(3,19)20/h4-7,12,14H,8-11H2,1-3H3. The smallest absolute Gasteiger partial charge is 0.254 e. The fourth-order valence-corrected chi connectivity index (χ4v) is 5.18. The Labute approximate surface area is 143 Å². The summed E-state index contributed by atoms with van der Waals surface area (Å²) in [5.41, 5.74) is 0.368. The van der Waals surface area contributed by atoms with Gasteiger partial charge in [-0.1, -0.05) is 13.8 Å². The zero-order valence-corrected chi connectivity index (χ0v) is 15.7. The monoisotopic (exact) mass is 373 g/mol. The average molecular weight is 373 g/mol. The Morgan fingerprint density at radius 2 is 1.83 bits per heavy atom. The van der Waals surface area contributed by atoms with Crippen molar-refractivity contribution in [3.8, 4) is 0 Å². The number of carbonyl (C=O) groups is 1. The molecule has 1 saturated heterocycles. The van der Waals surface area contributed by atoms with E-state index in [-0.39, 0.29) is 34.3 Å². The van der Waals surface area contributed by atoms with Gasteiger partial charge in [0.1, 0.15) is 0 Å². The number of benzene rings is 1. The Morgan fingerprint density at radius 1 is 1.25 bits per heavy atom. The average Bonchev–Trinajstić information content (AvgIpc) is 2.83. The Bertz CT molecular complexity index is 811. The summed E-state index contributed by atoms with van der Waals surface area (Å²) in [5.74, 6) is 0.0396. The van der Waals surface area contributed by atoms with Crippen LogP contribution in [0.5, 0.6) is 0 Å². The van der Waals surface area contributed by atoms with Crippen molar-refractivity contribution in [2.24, 2.45) is 5.92 Å². The number of nitrogens with zero attached hydrogens (tertiary/aromatic N) is 1. The third-order valence-corrected chi connectivity index (χ3v) is 6.88. The largest absolute Gasteiger partial charge is 0.334 e. The van der Waals surface area contributed by atoms with Crippen LogP contribution in [-0.2, 0) is 19.7 Å². The number of rotatable bonds is 5. The third-order valence-electron chi connectivity index (χ3n) is 4.00. The van der Waals surface area contributed by atoms with Crippen LogP contribution in [0.3, 0.4) is 0 Å². The summed E-state index contributed by atoms with van der Waals surface area (Å²) in [4.78, 5) is 14.6. The van der Waals surface area contributed by atoms with Gasteiger partial charge in [-0.25, -0.2) is 16.8 Å². The van der Waals surface area contributed by atoms with Gasteiger partial charge in [0.25, 0.3) is 5.91 Å². The Balaban J connectivity index is 2.28. The highest BCUT2D eigenvalue weighted by Crippen LogP contribution is 2.22. The Kier molecular flexibility index (Phi) is 5.39. The van der Waals surface area contributed by atoms with Crippen LogP contribution in [0.2, 0.25) is 0 Å². The third kappa shape index (κ3) is 4.57. The molecule has 8 heteroatoms. The van der Waals surface area contributed by atoms with Gasteiger partial charge in [0.2, 0.25) is 0 Å². The molecule has 24 heavy (non-hydrogen) atoms. The van der Waals surface area contributed by atoms with E-state index in [0.29, 0.717) is 18.5 Å². The van der Waals surface area contributed by atoms with Crippen LogP contribution in [0.1, 0.15) is 30.6 Å². The highest BCUT2D eigenvalue weighted by molar-refractivity contribution is 7.91. The molecule has 134 valence electrons. The van der Waals surface area contributed by atoms with E-state index in [2.05, 4.69) is 0 Å². The van der Waals surface area contributed by atoms with Gasteiger partial charge in [0.15, 0.2) is 19.7 Å².